The maximum atomic E-state index is 11.8. The number of unbranched alkanes of at least 4 members (excludes halogenated alkanes) is 2. The molecule has 5 heteroatoms. The van der Waals surface area contributed by atoms with Gasteiger partial charge < -0.3 is 10.5 Å². The van der Waals surface area contributed by atoms with Crippen LogP contribution < -0.4 is 5.73 Å². The van der Waals surface area contributed by atoms with Crippen molar-refractivity contribution in [2.24, 2.45) is 0 Å². The van der Waals surface area contributed by atoms with Crippen molar-refractivity contribution in [1.29, 1.82) is 0 Å². The largest absolute Gasteiger partial charge is 0.462 e. The molecule has 0 saturated carbocycles. The van der Waals surface area contributed by atoms with Crippen LogP contribution in [0, 0.1) is 0 Å². The molecule has 0 amide bonds. The molecule has 17 heavy (non-hydrogen) atoms. The quantitative estimate of drug-likeness (QED) is 0.481. The van der Waals surface area contributed by atoms with Gasteiger partial charge in [0.2, 0.25) is 0 Å². The average Bonchev–Trinajstić information content (AvgIpc) is 2.71. The van der Waals surface area contributed by atoms with Gasteiger partial charge in [-0.1, -0.05) is 25.8 Å². The van der Waals surface area contributed by atoms with Gasteiger partial charge in [-0.2, -0.15) is 0 Å². The van der Waals surface area contributed by atoms with Crippen LogP contribution in [0.4, 0.5) is 5.13 Å². The average molecular weight is 254 g/mol. The SMILES string of the molecule is CCCC/C=C(/C(=O)OCC)c1csc(N)n1. The Labute approximate surface area is 106 Å². The highest BCUT2D eigenvalue weighted by atomic mass is 32.1. The summed E-state index contributed by atoms with van der Waals surface area (Å²) in [5.41, 5.74) is 6.71. The Morgan fingerprint density at radius 1 is 1.59 bits per heavy atom. The Kier molecular flexibility index (Phi) is 5.69. The van der Waals surface area contributed by atoms with Gasteiger partial charge in [0.1, 0.15) is 0 Å². The van der Waals surface area contributed by atoms with Gasteiger partial charge in [-0.15, -0.1) is 11.3 Å². The summed E-state index contributed by atoms with van der Waals surface area (Å²) in [7, 11) is 0. The van der Waals surface area contributed by atoms with Crippen LogP contribution in [0.25, 0.3) is 5.57 Å². The fourth-order valence-electron chi connectivity index (χ4n) is 1.36. The van der Waals surface area contributed by atoms with E-state index in [0.717, 1.165) is 19.3 Å². The van der Waals surface area contributed by atoms with Gasteiger partial charge in [0, 0.05) is 5.38 Å². The fourth-order valence-corrected chi connectivity index (χ4v) is 1.93. The molecule has 0 aromatic carbocycles. The number of nitrogen functional groups attached to an aromatic ring is 1. The summed E-state index contributed by atoms with van der Waals surface area (Å²) in [6.07, 6.45) is 4.87. The van der Waals surface area contributed by atoms with Crippen molar-refractivity contribution in [2.75, 3.05) is 12.3 Å². The van der Waals surface area contributed by atoms with Crippen molar-refractivity contribution in [3.05, 3.63) is 17.2 Å². The van der Waals surface area contributed by atoms with E-state index in [9.17, 15) is 4.79 Å². The number of esters is 1. The first-order chi connectivity index (χ1) is 8.19. The van der Waals surface area contributed by atoms with Crippen molar-refractivity contribution in [3.63, 3.8) is 0 Å². The summed E-state index contributed by atoms with van der Waals surface area (Å²) in [6.45, 7) is 4.26. The molecule has 0 aliphatic rings. The number of hydrogen-bond acceptors (Lipinski definition) is 5. The molecule has 2 N–H and O–H groups in total. The van der Waals surface area contributed by atoms with Crippen molar-refractivity contribution < 1.29 is 9.53 Å². The molecule has 1 aromatic heterocycles. The molecule has 1 rings (SSSR count). The lowest BCUT2D eigenvalue weighted by Crippen LogP contribution is -2.07. The van der Waals surface area contributed by atoms with E-state index in [0.29, 0.717) is 23.0 Å². The van der Waals surface area contributed by atoms with E-state index < -0.39 is 0 Å². The van der Waals surface area contributed by atoms with Gasteiger partial charge in [-0.3, -0.25) is 0 Å². The molecule has 0 bridgehead atoms. The number of allylic oxidation sites excluding steroid dienone is 1. The number of carbonyl (C=O) groups excluding carboxylic acids is 1. The monoisotopic (exact) mass is 254 g/mol. The van der Waals surface area contributed by atoms with Gasteiger partial charge in [0.15, 0.2) is 5.13 Å². The predicted octanol–water partition coefficient (Wildman–Crippen LogP) is 2.86. The predicted molar refractivity (Wildman–Crippen MR) is 70.7 cm³/mol. The second-order valence-electron chi connectivity index (χ2n) is 3.55. The molecular formula is C12H18N2O2S. The molecule has 0 unspecified atom stereocenters. The van der Waals surface area contributed by atoms with Crippen LogP contribution in [0.15, 0.2) is 11.5 Å². The summed E-state index contributed by atoms with van der Waals surface area (Å²) in [5, 5.41) is 2.25. The van der Waals surface area contributed by atoms with Gasteiger partial charge >= 0.3 is 5.97 Å². The summed E-state index contributed by atoms with van der Waals surface area (Å²) in [5.74, 6) is -0.325. The number of rotatable bonds is 6. The third kappa shape index (κ3) is 4.19. The first-order valence-corrected chi connectivity index (χ1v) is 6.65. The molecule has 0 aliphatic carbocycles. The minimum Gasteiger partial charge on any atom is -0.462 e. The summed E-state index contributed by atoms with van der Waals surface area (Å²) in [4.78, 5) is 15.9. The van der Waals surface area contributed by atoms with E-state index >= 15 is 0 Å². The van der Waals surface area contributed by atoms with Crippen LogP contribution in [-0.2, 0) is 9.53 Å². The van der Waals surface area contributed by atoms with E-state index in [2.05, 4.69) is 11.9 Å². The van der Waals surface area contributed by atoms with E-state index in [-0.39, 0.29) is 5.97 Å². The van der Waals surface area contributed by atoms with Gasteiger partial charge in [-0.25, -0.2) is 9.78 Å². The second-order valence-corrected chi connectivity index (χ2v) is 4.44. The molecule has 0 spiro atoms. The third-order valence-corrected chi connectivity index (χ3v) is 2.87. The van der Waals surface area contributed by atoms with Crippen LogP contribution in [0.5, 0.6) is 0 Å². The van der Waals surface area contributed by atoms with Crippen molar-refractivity contribution in [2.45, 2.75) is 33.1 Å². The minimum absolute atomic E-state index is 0.325. The number of anilines is 1. The number of aromatic nitrogens is 1. The Morgan fingerprint density at radius 2 is 2.35 bits per heavy atom. The zero-order valence-electron chi connectivity index (χ0n) is 10.2. The van der Waals surface area contributed by atoms with E-state index in [1.165, 1.54) is 11.3 Å². The highest BCUT2D eigenvalue weighted by Crippen LogP contribution is 2.21. The first-order valence-electron chi connectivity index (χ1n) is 5.77. The zero-order valence-corrected chi connectivity index (χ0v) is 11.0. The van der Waals surface area contributed by atoms with Gasteiger partial charge in [0.05, 0.1) is 17.9 Å². The smallest absolute Gasteiger partial charge is 0.340 e. The lowest BCUT2D eigenvalue weighted by molar-refractivity contribution is -0.136. The topological polar surface area (TPSA) is 65.2 Å². The lowest BCUT2D eigenvalue weighted by Gasteiger charge is -2.04. The zero-order chi connectivity index (χ0) is 12.7. The Morgan fingerprint density at radius 3 is 2.88 bits per heavy atom. The van der Waals surface area contributed by atoms with Crippen LogP contribution in [-0.4, -0.2) is 17.6 Å². The molecule has 4 nitrogen and oxygen atoms in total. The second kappa shape index (κ2) is 7.06. The number of hydrogen-bond donors (Lipinski definition) is 1. The number of carbonyl (C=O) groups is 1. The van der Waals surface area contributed by atoms with Crippen LogP contribution in [0.1, 0.15) is 38.8 Å². The highest BCUT2D eigenvalue weighted by molar-refractivity contribution is 7.13. The standard InChI is InChI=1S/C12H18N2O2S/c1-3-5-6-7-9(11(15)16-4-2)10-8-17-12(13)14-10/h7-8H,3-6H2,1-2H3,(H2,13,14)/b9-7+. The highest BCUT2D eigenvalue weighted by Gasteiger charge is 2.15. The molecule has 0 aliphatic heterocycles. The van der Waals surface area contributed by atoms with E-state index in [1.807, 2.05) is 6.08 Å². The molecule has 1 heterocycles. The van der Waals surface area contributed by atoms with Crippen LogP contribution >= 0.6 is 11.3 Å². The molecule has 0 fully saturated rings. The first kappa shape index (κ1) is 13.7. The number of nitrogens with zero attached hydrogens (tertiary/aromatic N) is 1. The van der Waals surface area contributed by atoms with E-state index in [1.54, 1.807) is 12.3 Å². The number of nitrogens with two attached hydrogens (primary N) is 1. The molecular weight excluding hydrogens is 236 g/mol. The normalized spacial score (nSPS) is 11.5. The van der Waals surface area contributed by atoms with Gasteiger partial charge in [0.25, 0.3) is 0 Å². The summed E-state index contributed by atoms with van der Waals surface area (Å²) >= 11 is 1.33. The molecule has 0 radical (unpaired) electrons. The number of thiazole rings is 1. The van der Waals surface area contributed by atoms with Crippen LogP contribution in [0.2, 0.25) is 0 Å². The maximum Gasteiger partial charge on any atom is 0.340 e. The lowest BCUT2D eigenvalue weighted by atomic mass is 10.1. The Balaban J connectivity index is 2.86. The van der Waals surface area contributed by atoms with Gasteiger partial charge in [-0.05, 0) is 13.3 Å². The summed E-state index contributed by atoms with van der Waals surface area (Å²) in [6, 6.07) is 0. The van der Waals surface area contributed by atoms with Crippen molar-refractivity contribution in [1.82, 2.24) is 4.98 Å². The molecule has 1 aromatic rings. The third-order valence-electron chi connectivity index (χ3n) is 2.20. The van der Waals surface area contributed by atoms with Crippen LogP contribution in [0.3, 0.4) is 0 Å². The Hall–Kier alpha value is -1.36. The summed E-state index contributed by atoms with van der Waals surface area (Å²) < 4.78 is 5.01. The minimum atomic E-state index is -0.325. The molecule has 0 atom stereocenters. The van der Waals surface area contributed by atoms with E-state index in [4.69, 9.17) is 10.5 Å². The fraction of sp³-hybridized carbons (Fsp3) is 0.500. The molecule has 94 valence electrons. The number of ether oxygens (including phenoxy) is 1. The Bertz CT molecular complexity index is 399. The van der Waals surface area contributed by atoms with Crippen molar-refractivity contribution in [3.8, 4) is 0 Å². The molecule has 0 saturated heterocycles. The maximum absolute atomic E-state index is 11.8. The van der Waals surface area contributed by atoms with Crippen molar-refractivity contribution >= 4 is 28.0 Å².